The highest BCUT2D eigenvalue weighted by Crippen LogP contribution is 2.26. The second-order valence-electron chi connectivity index (χ2n) is 5.68. The fourth-order valence-corrected chi connectivity index (χ4v) is 3.21. The zero-order valence-corrected chi connectivity index (χ0v) is 13.8. The fourth-order valence-electron chi connectivity index (χ4n) is 2.56. The first-order chi connectivity index (χ1) is 11.3. The maximum atomic E-state index is 13.8. The van der Waals surface area contributed by atoms with Crippen LogP contribution in [0.4, 0.5) is 10.1 Å². The molecule has 1 heterocycles. The quantitative estimate of drug-likeness (QED) is 0.860. The maximum absolute atomic E-state index is 13.8. The number of ether oxygens (including phenoxy) is 1. The lowest BCUT2D eigenvalue weighted by Crippen LogP contribution is -2.16. The Kier molecular flexibility index (Phi) is 4.28. The van der Waals surface area contributed by atoms with Gasteiger partial charge in [-0.25, -0.2) is 12.8 Å². The molecule has 0 bridgehead atoms. The highest BCUT2D eigenvalue weighted by atomic mass is 32.2. The van der Waals surface area contributed by atoms with Gasteiger partial charge in [0.1, 0.15) is 11.6 Å². The molecule has 24 heavy (non-hydrogen) atoms. The third-order valence-corrected chi connectivity index (χ3v) is 4.87. The molecule has 0 saturated heterocycles. The molecule has 0 spiro atoms. The van der Waals surface area contributed by atoms with E-state index in [9.17, 15) is 17.6 Å². The van der Waals surface area contributed by atoms with Crippen LogP contribution in [0, 0.1) is 5.82 Å². The molecule has 7 heteroatoms. The van der Waals surface area contributed by atoms with Crippen LogP contribution < -0.4 is 10.1 Å². The molecule has 1 amide bonds. The topological polar surface area (TPSA) is 72.5 Å². The Morgan fingerprint density at radius 2 is 2.04 bits per heavy atom. The van der Waals surface area contributed by atoms with Crippen molar-refractivity contribution in [3.05, 3.63) is 53.3 Å². The minimum Gasteiger partial charge on any atom is -0.493 e. The zero-order valence-electron chi connectivity index (χ0n) is 13.0. The Morgan fingerprint density at radius 1 is 1.25 bits per heavy atom. The van der Waals surface area contributed by atoms with Crippen LogP contribution in [0.25, 0.3) is 0 Å². The van der Waals surface area contributed by atoms with Crippen LogP contribution in [-0.2, 0) is 27.5 Å². The average Bonchev–Trinajstić information content (AvgIpc) is 2.96. The number of sulfone groups is 1. The number of benzene rings is 2. The van der Waals surface area contributed by atoms with Crippen molar-refractivity contribution in [3.63, 3.8) is 0 Å². The number of hydrogen-bond acceptors (Lipinski definition) is 4. The van der Waals surface area contributed by atoms with Crippen molar-refractivity contribution in [2.24, 2.45) is 0 Å². The molecule has 0 unspecified atom stereocenters. The molecule has 0 saturated carbocycles. The molecule has 0 atom stereocenters. The van der Waals surface area contributed by atoms with Crippen molar-refractivity contribution in [2.75, 3.05) is 18.2 Å². The molecule has 1 N–H and O–H groups in total. The summed E-state index contributed by atoms with van der Waals surface area (Å²) < 4.78 is 42.3. The third-order valence-electron chi connectivity index (χ3n) is 3.76. The Hall–Kier alpha value is -2.41. The summed E-state index contributed by atoms with van der Waals surface area (Å²) in [5.74, 6) is -0.275. The Balaban J connectivity index is 1.75. The number of amides is 1. The molecule has 2 aromatic rings. The molecule has 0 radical (unpaired) electrons. The van der Waals surface area contributed by atoms with Crippen LogP contribution in [-0.4, -0.2) is 27.2 Å². The first-order valence-corrected chi connectivity index (χ1v) is 9.26. The third kappa shape index (κ3) is 3.56. The van der Waals surface area contributed by atoms with Gasteiger partial charge in [-0.1, -0.05) is 12.1 Å². The molecule has 1 aliphatic rings. The second-order valence-corrected chi connectivity index (χ2v) is 7.70. The van der Waals surface area contributed by atoms with Gasteiger partial charge in [-0.3, -0.25) is 4.79 Å². The van der Waals surface area contributed by atoms with E-state index in [1.54, 1.807) is 6.07 Å². The van der Waals surface area contributed by atoms with Crippen LogP contribution in [0.3, 0.4) is 0 Å². The number of halogens is 1. The van der Waals surface area contributed by atoms with Crippen molar-refractivity contribution in [3.8, 4) is 5.75 Å². The standard InChI is InChI=1S/C17H16FNO4S/c1-24(21,22)13-3-4-14(18)15(10-13)19-17(20)9-11-2-5-16-12(8-11)6-7-23-16/h2-5,8,10H,6-7,9H2,1H3,(H,19,20). The van der Waals surface area contributed by atoms with Crippen molar-refractivity contribution >= 4 is 21.4 Å². The van der Waals surface area contributed by atoms with Crippen molar-refractivity contribution in [1.29, 1.82) is 0 Å². The van der Waals surface area contributed by atoms with Gasteiger partial charge in [-0.15, -0.1) is 0 Å². The molecule has 3 rings (SSSR count). The number of carbonyl (C=O) groups excluding carboxylic acids is 1. The molecular weight excluding hydrogens is 333 g/mol. The lowest BCUT2D eigenvalue weighted by molar-refractivity contribution is -0.115. The van der Waals surface area contributed by atoms with Crippen LogP contribution in [0.15, 0.2) is 41.3 Å². The number of rotatable bonds is 4. The number of anilines is 1. The first kappa shape index (κ1) is 16.4. The van der Waals surface area contributed by atoms with Crippen LogP contribution in [0.5, 0.6) is 5.75 Å². The molecule has 2 aromatic carbocycles. The van der Waals surface area contributed by atoms with Gasteiger partial charge in [0.05, 0.1) is 23.6 Å². The summed E-state index contributed by atoms with van der Waals surface area (Å²) in [6.07, 6.45) is 1.89. The van der Waals surface area contributed by atoms with Gasteiger partial charge in [0, 0.05) is 12.7 Å². The van der Waals surface area contributed by atoms with E-state index in [1.807, 2.05) is 12.1 Å². The lowest BCUT2D eigenvalue weighted by atomic mass is 10.1. The summed E-state index contributed by atoms with van der Waals surface area (Å²) in [6.45, 7) is 0.633. The highest BCUT2D eigenvalue weighted by Gasteiger charge is 2.15. The maximum Gasteiger partial charge on any atom is 0.228 e. The Bertz CT molecular complexity index is 909. The minimum atomic E-state index is -3.48. The summed E-state index contributed by atoms with van der Waals surface area (Å²) in [6, 6.07) is 8.81. The van der Waals surface area contributed by atoms with E-state index in [4.69, 9.17) is 4.74 Å². The molecule has 0 fully saturated rings. The number of fused-ring (bicyclic) bond motifs is 1. The van der Waals surface area contributed by atoms with Gasteiger partial charge >= 0.3 is 0 Å². The van der Waals surface area contributed by atoms with Crippen molar-refractivity contribution < 1.29 is 22.3 Å². The molecule has 5 nitrogen and oxygen atoms in total. The van der Waals surface area contributed by atoms with Gasteiger partial charge < -0.3 is 10.1 Å². The normalized spacial score (nSPS) is 13.2. The fraction of sp³-hybridized carbons (Fsp3) is 0.235. The number of carbonyl (C=O) groups is 1. The van der Waals surface area contributed by atoms with Gasteiger partial charge in [-0.05, 0) is 35.4 Å². The van der Waals surface area contributed by atoms with E-state index in [2.05, 4.69) is 5.32 Å². The Labute approximate surface area is 139 Å². The van der Waals surface area contributed by atoms with E-state index in [-0.39, 0.29) is 17.0 Å². The smallest absolute Gasteiger partial charge is 0.228 e. The number of nitrogens with one attached hydrogen (secondary N) is 1. The van der Waals surface area contributed by atoms with Crippen LogP contribution >= 0.6 is 0 Å². The van der Waals surface area contributed by atoms with E-state index in [0.717, 1.165) is 41.7 Å². The zero-order chi connectivity index (χ0) is 17.3. The average molecular weight is 349 g/mol. The van der Waals surface area contributed by atoms with Gasteiger partial charge in [0.2, 0.25) is 5.91 Å². The number of hydrogen-bond donors (Lipinski definition) is 1. The first-order valence-electron chi connectivity index (χ1n) is 7.37. The SMILES string of the molecule is CS(=O)(=O)c1ccc(F)c(NC(=O)Cc2ccc3c(c2)CCO3)c1. The summed E-state index contributed by atoms with van der Waals surface area (Å²) in [4.78, 5) is 12.1. The minimum absolute atomic E-state index is 0.0473. The van der Waals surface area contributed by atoms with Gasteiger partial charge in [-0.2, -0.15) is 0 Å². The summed E-state index contributed by atoms with van der Waals surface area (Å²) in [7, 11) is -3.48. The van der Waals surface area contributed by atoms with Gasteiger partial charge in [0.15, 0.2) is 9.84 Å². The monoisotopic (exact) mass is 349 g/mol. The van der Waals surface area contributed by atoms with E-state index >= 15 is 0 Å². The lowest BCUT2D eigenvalue weighted by Gasteiger charge is -2.09. The largest absolute Gasteiger partial charge is 0.493 e. The van der Waals surface area contributed by atoms with Gasteiger partial charge in [0.25, 0.3) is 0 Å². The van der Waals surface area contributed by atoms with E-state index in [0.29, 0.717) is 6.61 Å². The van der Waals surface area contributed by atoms with E-state index < -0.39 is 21.6 Å². The predicted molar refractivity (Wildman–Crippen MR) is 87.5 cm³/mol. The van der Waals surface area contributed by atoms with Crippen LogP contribution in [0.1, 0.15) is 11.1 Å². The molecule has 1 aliphatic heterocycles. The highest BCUT2D eigenvalue weighted by molar-refractivity contribution is 7.90. The molecule has 0 aromatic heterocycles. The van der Waals surface area contributed by atoms with Crippen molar-refractivity contribution in [1.82, 2.24) is 0 Å². The molecule has 126 valence electrons. The summed E-state index contributed by atoms with van der Waals surface area (Å²) in [5.41, 5.74) is 1.69. The van der Waals surface area contributed by atoms with Crippen LogP contribution in [0.2, 0.25) is 0 Å². The summed E-state index contributed by atoms with van der Waals surface area (Å²) >= 11 is 0. The molecular formula is C17H16FNO4S. The van der Waals surface area contributed by atoms with E-state index in [1.165, 1.54) is 6.07 Å². The second kappa shape index (κ2) is 6.24. The van der Waals surface area contributed by atoms with Crippen molar-refractivity contribution in [2.45, 2.75) is 17.7 Å². The Morgan fingerprint density at radius 3 is 2.79 bits per heavy atom. The predicted octanol–water partition coefficient (Wildman–Crippen LogP) is 2.35. The summed E-state index contributed by atoms with van der Waals surface area (Å²) in [5, 5.41) is 2.43. The molecule has 0 aliphatic carbocycles.